The van der Waals surface area contributed by atoms with Crippen molar-refractivity contribution in [1.29, 1.82) is 0 Å². The van der Waals surface area contributed by atoms with E-state index in [4.69, 9.17) is 4.98 Å². The topological polar surface area (TPSA) is 55.6 Å². The molecule has 0 bridgehead atoms. The fourth-order valence-electron chi connectivity index (χ4n) is 4.45. The molecule has 0 spiro atoms. The quantitative estimate of drug-likeness (QED) is 0.440. The average Bonchev–Trinajstić information content (AvgIpc) is 3.12. The van der Waals surface area contributed by atoms with Crippen molar-refractivity contribution in [2.45, 2.75) is 19.4 Å². The first kappa shape index (κ1) is 16.5. The van der Waals surface area contributed by atoms with Crippen LogP contribution in [0.15, 0.2) is 42.6 Å². The van der Waals surface area contributed by atoms with E-state index in [0.717, 1.165) is 23.1 Å². The molecule has 1 fully saturated rings. The molecule has 1 saturated carbocycles. The van der Waals surface area contributed by atoms with Crippen LogP contribution in [0.1, 0.15) is 23.2 Å². The van der Waals surface area contributed by atoms with Crippen molar-refractivity contribution in [2.24, 2.45) is 13.0 Å². The maximum atomic E-state index is 14.7. The molecule has 5 aromatic rings. The summed E-state index contributed by atoms with van der Waals surface area (Å²) < 4.78 is 18.8. The maximum Gasteiger partial charge on any atom is 0.157 e. The number of imidazole rings is 1. The first-order valence-corrected chi connectivity index (χ1v) is 9.85. The summed E-state index contributed by atoms with van der Waals surface area (Å²) in [6, 6.07) is 11.4. The molecular weight excluding hydrogens is 367 g/mol. The second-order valence-electron chi connectivity index (χ2n) is 8.01. The van der Waals surface area contributed by atoms with Gasteiger partial charge in [0.2, 0.25) is 0 Å². The second kappa shape index (κ2) is 5.80. The summed E-state index contributed by atoms with van der Waals surface area (Å²) in [5.41, 5.74) is 4.48. The molecule has 0 atom stereocenters. The van der Waals surface area contributed by atoms with Crippen molar-refractivity contribution in [3.8, 4) is 11.5 Å². The van der Waals surface area contributed by atoms with Gasteiger partial charge in [-0.3, -0.25) is 4.79 Å². The first-order chi connectivity index (χ1) is 14.1. The van der Waals surface area contributed by atoms with Crippen molar-refractivity contribution >= 4 is 39.1 Å². The van der Waals surface area contributed by atoms with Gasteiger partial charge in [0, 0.05) is 41.6 Å². The summed E-state index contributed by atoms with van der Waals surface area (Å²) in [6.07, 6.45) is 5.09. The van der Waals surface area contributed by atoms with Crippen molar-refractivity contribution in [3.63, 3.8) is 0 Å². The number of hydrogen-bond donors (Lipinski definition) is 1. The van der Waals surface area contributed by atoms with Gasteiger partial charge in [-0.25, -0.2) is 9.37 Å². The highest BCUT2D eigenvalue weighted by Crippen LogP contribution is 2.38. The van der Waals surface area contributed by atoms with Crippen LogP contribution in [0.25, 0.3) is 44.4 Å². The van der Waals surface area contributed by atoms with Crippen LogP contribution < -0.4 is 0 Å². The lowest BCUT2D eigenvalue weighted by Crippen LogP contribution is -2.05. The Morgan fingerprint density at radius 3 is 2.86 bits per heavy atom. The third-order valence-electron chi connectivity index (χ3n) is 6.04. The molecule has 6 heteroatoms. The van der Waals surface area contributed by atoms with Gasteiger partial charge in [0.05, 0.1) is 16.7 Å². The smallest absolute Gasteiger partial charge is 0.157 e. The van der Waals surface area contributed by atoms with Crippen LogP contribution in [0.5, 0.6) is 0 Å². The number of aromatic nitrogens is 4. The first-order valence-electron chi connectivity index (χ1n) is 9.85. The Labute approximate surface area is 165 Å². The van der Waals surface area contributed by atoms with Crippen LogP contribution in [0.3, 0.4) is 0 Å². The van der Waals surface area contributed by atoms with E-state index >= 15 is 0 Å². The number of aldehydes is 1. The molecule has 3 heterocycles. The van der Waals surface area contributed by atoms with Gasteiger partial charge in [-0.1, -0.05) is 6.07 Å². The van der Waals surface area contributed by atoms with Crippen LogP contribution in [-0.2, 0) is 13.6 Å². The monoisotopic (exact) mass is 386 g/mol. The maximum absolute atomic E-state index is 14.7. The summed E-state index contributed by atoms with van der Waals surface area (Å²) >= 11 is 0. The SMILES string of the molecule is Cn1c(-c2cc3ccc4[nH]ccc4c3n2CC2CC2)nc2cc(C=O)cc(F)c21. The molecule has 2 aromatic carbocycles. The zero-order chi connectivity index (χ0) is 19.7. The lowest BCUT2D eigenvalue weighted by atomic mass is 10.2. The minimum absolute atomic E-state index is 0.298. The summed E-state index contributed by atoms with van der Waals surface area (Å²) in [5, 5.41) is 2.33. The Kier molecular flexibility index (Phi) is 3.30. The van der Waals surface area contributed by atoms with Gasteiger partial charge in [0.1, 0.15) is 17.6 Å². The predicted octanol–water partition coefficient (Wildman–Crippen LogP) is 5.04. The molecule has 1 aliphatic carbocycles. The number of hydrogen-bond acceptors (Lipinski definition) is 2. The van der Waals surface area contributed by atoms with Crippen molar-refractivity contribution in [3.05, 3.63) is 54.0 Å². The fourth-order valence-corrected chi connectivity index (χ4v) is 4.45. The Morgan fingerprint density at radius 1 is 1.21 bits per heavy atom. The van der Waals surface area contributed by atoms with Crippen LogP contribution in [0, 0.1) is 11.7 Å². The Bertz CT molecular complexity index is 1430. The van der Waals surface area contributed by atoms with E-state index in [-0.39, 0.29) is 0 Å². The molecule has 3 aromatic heterocycles. The Hall–Kier alpha value is -3.41. The molecule has 1 aliphatic rings. The molecule has 144 valence electrons. The zero-order valence-corrected chi connectivity index (χ0v) is 15.9. The Balaban J connectivity index is 1.68. The van der Waals surface area contributed by atoms with Crippen molar-refractivity contribution < 1.29 is 9.18 Å². The van der Waals surface area contributed by atoms with Crippen LogP contribution >= 0.6 is 0 Å². The predicted molar refractivity (Wildman–Crippen MR) is 112 cm³/mol. The number of halogens is 1. The lowest BCUT2D eigenvalue weighted by molar-refractivity contribution is 0.112. The number of aryl methyl sites for hydroxylation is 1. The van der Waals surface area contributed by atoms with E-state index in [2.05, 4.69) is 33.8 Å². The summed E-state index contributed by atoms with van der Waals surface area (Å²) in [6.45, 7) is 0.925. The number of H-pyrrole nitrogens is 1. The highest BCUT2D eigenvalue weighted by atomic mass is 19.1. The van der Waals surface area contributed by atoms with Gasteiger partial charge < -0.3 is 14.1 Å². The number of aromatic amines is 1. The molecule has 5 nitrogen and oxygen atoms in total. The summed E-state index contributed by atoms with van der Waals surface area (Å²) in [5.74, 6) is 0.956. The number of benzene rings is 2. The number of nitrogens with one attached hydrogen (secondary N) is 1. The van der Waals surface area contributed by atoms with Crippen LogP contribution in [0.2, 0.25) is 0 Å². The molecule has 0 saturated heterocycles. The summed E-state index contributed by atoms with van der Waals surface area (Å²) in [4.78, 5) is 19.2. The third kappa shape index (κ3) is 2.38. The van der Waals surface area contributed by atoms with Gasteiger partial charge in [0.25, 0.3) is 0 Å². The third-order valence-corrected chi connectivity index (χ3v) is 6.04. The van der Waals surface area contributed by atoms with E-state index in [1.807, 2.05) is 13.2 Å². The Morgan fingerprint density at radius 2 is 2.07 bits per heavy atom. The standard InChI is InChI=1S/C23H19FN4O/c1-27-22-17(24)8-14(12-29)9-19(22)26-23(27)20-10-15-4-5-18-16(6-7-25-18)21(15)28(20)11-13-2-3-13/h4-10,12-13,25H,2-3,11H2,1H3. The van der Waals surface area contributed by atoms with E-state index in [0.29, 0.717) is 34.6 Å². The van der Waals surface area contributed by atoms with E-state index in [9.17, 15) is 9.18 Å². The molecule has 29 heavy (non-hydrogen) atoms. The highest BCUT2D eigenvalue weighted by Gasteiger charge is 2.26. The van der Waals surface area contributed by atoms with Crippen molar-refractivity contribution in [2.75, 3.05) is 0 Å². The lowest BCUT2D eigenvalue weighted by Gasteiger charge is -2.11. The minimum Gasteiger partial charge on any atom is -0.361 e. The fraction of sp³-hybridized carbons (Fsp3) is 0.217. The highest BCUT2D eigenvalue weighted by molar-refractivity contribution is 6.06. The molecule has 0 radical (unpaired) electrons. The van der Waals surface area contributed by atoms with Crippen molar-refractivity contribution in [1.82, 2.24) is 19.1 Å². The molecule has 1 N–H and O–H groups in total. The van der Waals surface area contributed by atoms with Gasteiger partial charge in [0.15, 0.2) is 5.82 Å². The molecule has 0 amide bonds. The number of rotatable bonds is 4. The van der Waals surface area contributed by atoms with Gasteiger partial charge in [-0.15, -0.1) is 0 Å². The second-order valence-corrected chi connectivity index (χ2v) is 8.01. The van der Waals surface area contributed by atoms with Crippen LogP contribution in [-0.4, -0.2) is 25.4 Å². The number of carbonyl (C=O) groups is 1. The largest absolute Gasteiger partial charge is 0.361 e. The molecule has 0 aliphatic heterocycles. The van der Waals surface area contributed by atoms with Gasteiger partial charge in [-0.2, -0.15) is 0 Å². The number of nitrogens with zero attached hydrogens (tertiary/aromatic N) is 3. The zero-order valence-electron chi connectivity index (χ0n) is 15.9. The average molecular weight is 386 g/mol. The normalized spacial score (nSPS) is 14.4. The van der Waals surface area contributed by atoms with E-state index in [1.165, 1.54) is 29.8 Å². The molecule has 6 rings (SSSR count). The van der Waals surface area contributed by atoms with E-state index < -0.39 is 5.82 Å². The number of fused-ring (bicyclic) bond motifs is 4. The number of carbonyl (C=O) groups excluding carboxylic acids is 1. The molecule has 0 unspecified atom stereocenters. The minimum atomic E-state index is -0.427. The summed E-state index contributed by atoms with van der Waals surface area (Å²) in [7, 11) is 1.83. The van der Waals surface area contributed by atoms with Gasteiger partial charge in [-0.05, 0) is 49.1 Å². The van der Waals surface area contributed by atoms with Crippen LogP contribution in [0.4, 0.5) is 4.39 Å². The van der Waals surface area contributed by atoms with Gasteiger partial charge >= 0.3 is 0 Å². The van der Waals surface area contributed by atoms with E-state index in [1.54, 1.807) is 10.6 Å². The molecular formula is C23H19FN4O.